The number of halogens is 1. The molecule has 1 aromatic carbocycles. The fourth-order valence-corrected chi connectivity index (χ4v) is 1.50. The molecule has 0 fully saturated rings. The summed E-state index contributed by atoms with van der Waals surface area (Å²) in [7, 11) is 0. The maximum Gasteiger partial charge on any atom is 0.273 e. The summed E-state index contributed by atoms with van der Waals surface area (Å²) in [5, 5.41) is 19.6. The van der Waals surface area contributed by atoms with Gasteiger partial charge in [-0.15, -0.1) is 0 Å². The molecule has 6 nitrogen and oxygen atoms in total. The third-order valence-electron chi connectivity index (χ3n) is 2.20. The van der Waals surface area contributed by atoms with E-state index in [9.17, 15) is 10.1 Å². The van der Waals surface area contributed by atoms with E-state index in [1.807, 2.05) is 6.07 Å². The Morgan fingerprint density at radius 3 is 2.84 bits per heavy atom. The molecule has 2 rings (SSSR count). The first kappa shape index (κ1) is 12.8. The number of ether oxygens (including phenoxy) is 1. The standard InChI is InChI=1S/C12H6ClN3O3/c13-11-2-1-9(16(17)18)6-12(11)19-10-3-4-15-8(5-10)7-14/h1-6H. The van der Waals surface area contributed by atoms with Gasteiger partial charge in [-0.1, -0.05) is 11.6 Å². The SMILES string of the molecule is N#Cc1cc(Oc2cc([N+](=O)[O-])ccc2Cl)ccn1. The van der Waals surface area contributed by atoms with Crippen LogP contribution in [0.3, 0.4) is 0 Å². The third-order valence-corrected chi connectivity index (χ3v) is 2.51. The lowest BCUT2D eigenvalue weighted by molar-refractivity contribution is -0.384. The Kier molecular flexibility index (Phi) is 3.59. The van der Waals surface area contributed by atoms with E-state index in [2.05, 4.69) is 4.98 Å². The van der Waals surface area contributed by atoms with E-state index in [1.165, 1.54) is 36.5 Å². The number of nitrogens with zero attached hydrogens (tertiary/aromatic N) is 3. The topological polar surface area (TPSA) is 89.0 Å². The summed E-state index contributed by atoms with van der Waals surface area (Å²) in [5.74, 6) is 0.472. The number of pyridine rings is 1. The van der Waals surface area contributed by atoms with Crippen molar-refractivity contribution in [2.24, 2.45) is 0 Å². The summed E-state index contributed by atoms with van der Waals surface area (Å²) in [5.41, 5.74) is 0.0491. The van der Waals surface area contributed by atoms with Crippen LogP contribution in [0.5, 0.6) is 11.5 Å². The zero-order valence-corrected chi connectivity index (χ0v) is 10.2. The third kappa shape index (κ3) is 2.97. The highest BCUT2D eigenvalue weighted by Crippen LogP contribution is 2.32. The summed E-state index contributed by atoms with van der Waals surface area (Å²) in [4.78, 5) is 13.9. The monoisotopic (exact) mass is 275 g/mol. The average molecular weight is 276 g/mol. The van der Waals surface area contributed by atoms with Crippen LogP contribution in [0, 0.1) is 21.4 Å². The Morgan fingerprint density at radius 1 is 1.37 bits per heavy atom. The maximum absolute atomic E-state index is 10.7. The molecule has 0 bridgehead atoms. The number of nitro benzene ring substituents is 1. The van der Waals surface area contributed by atoms with Gasteiger partial charge in [0.25, 0.3) is 5.69 Å². The van der Waals surface area contributed by atoms with Crippen molar-refractivity contribution >= 4 is 17.3 Å². The molecule has 2 aromatic rings. The van der Waals surface area contributed by atoms with Crippen LogP contribution in [0.25, 0.3) is 0 Å². The zero-order valence-electron chi connectivity index (χ0n) is 9.41. The second-order valence-electron chi connectivity index (χ2n) is 3.46. The van der Waals surface area contributed by atoms with Gasteiger partial charge in [-0.2, -0.15) is 5.26 Å². The second-order valence-corrected chi connectivity index (χ2v) is 3.87. The molecule has 0 atom stereocenters. The van der Waals surface area contributed by atoms with Crippen LogP contribution in [0.4, 0.5) is 5.69 Å². The van der Waals surface area contributed by atoms with Gasteiger partial charge in [0, 0.05) is 18.3 Å². The van der Waals surface area contributed by atoms with Gasteiger partial charge in [0.1, 0.15) is 17.5 Å². The Hall–Kier alpha value is -2.65. The van der Waals surface area contributed by atoms with Crippen molar-refractivity contribution in [3.05, 3.63) is 57.4 Å². The minimum absolute atomic E-state index is 0.131. The molecule has 19 heavy (non-hydrogen) atoms. The molecule has 0 aliphatic carbocycles. The van der Waals surface area contributed by atoms with E-state index < -0.39 is 4.92 Å². The molecule has 0 spiro atoms. The lowest BCUT2D eigenvalue weighted by atomic mass is 10.3. The highest BCUT2D eigenvalue weighted by molar-refractivity contribution is 6.32. The predicted molar refractivity (Wildman–Crippen MR) is 67.1 cm³/mol. The van der Waals surface area contributed by atoms with Crippen LogP contribution in [-0.2, 0) is 0 Å². The minimum Gasteiger partial charge on any atom is -0.455 e. The van der Waals surface area contributed by atoms with E-state index in [0.717, 1.165) is 0 Å². The normalized spacial score (nSPS) is 9.68. The van der Waals surface area contributed by atoms with E-state index >= 15 is 0 Å². The van der Waals surface area contributed by atoms with Crippen molar-refractivity contribution in [3.8, 4) is 17.6 Å². The van der Waals surface area contributed by atoms with Gasteiger partial charge in [-0.25, -0.2) is 4.98 Å². The molecule has 0 aliphatic rings. The van der Waals surface area contributed by atoms with Crippen LogP contribution >= 0.6 is 11.6 Å². The number of hydrogen-bond acceptors (Lipinski definition) is 5. The zero-order chi connectivity index (χ0) is 13.8. The average Bonchev–Trinajstić information content (AvgIpc) is 2.41. The van der Waals surface area contributed by atoms with E-state index in [4.69, 9.17) is 21.6 Å². The van der Waals surface area contributed by atoms with Gasteiger partial charge in [0.15, 0.2) is 5.75 Å². The summed E-state index contributed by atoms with van der Waals surface area (Å²) in [6.45, 7) is 0. The van der Waals surface area contributed by atoms with Gasteiger partial charge < -0.3 is 4.74 Å². The Balaban J connectivity index is 2.34. The van der Waals surface area contributed by atoms with Crippen LogP contribution < -0.4 is 4.74 Å². The van der Waals surface area contributed by atoms with Crippen LogP contribution in [0.2, 0.25) is 5.02 Å². The smallest absolute Gasteiger partial charge is 0.273 e. The largest absolute Gasteiger partial charge is 0.455 e. The first-order valence-electron chi connectivity index (χ1n) is 5.08. The summed E-state index contributed by atoms with van der Waals surface area (Å²) >= 11 is 5.90. The van der Waals surface area contributed by atoms with Gasteiger partial charge in [0.2, 0.25) is 0 Å². The van der Waals surface area contributed by atoms with Crippen molar-refractivity contribution in [2.75, 3.05) is 0 Å². The van der Waals surface area contributed by atoms with Crippen molar-refractivity contribution in [1.82, 2.24) is 4.98 Å². The number of aromatic nitrogens is 1. The Bertz CT molecular complexity index is 682. The molecule has 0 N–H and O–H groups in total. The van der Waals surface area contributed by atoms with Crippen molar-refractivity contribution in [1.29, 1.82) is 5.26 Å². The van der Waals surface area contributed by atoms with Crippen LogP contribution in [-0.4, -0.2) is 9.91 Å². The molecule has 94 valence electrons. The number of hydrogen-bond donors (Lipinski definition) is 0. The Morgan fingerprint density at radius 2 is 2.16 bits per heavy atom. The van der Waals surface area contributed by atoms with Gasteiger partial charge in [-0.3, -0.25) is 10.1 Å². The molecule has 0 saturated carbocycles. The highest BCUT2D eigenvalue weighted by Gasteiger charge is 2.11. The molecule has 0 amide bonds. The van der Waals surface area contributed by atoms with Crippen molar-refractivity contribution < 1.29 is 9.66 Å². The number of benzene rings is 1. The molecule has 0 saturated heterocycles. The van der Waals surface area contributed by atoms with Gasteiger partial charge in [0.05, 0.1) is 16.0 Å². The molecule has 0 aliphatic heterocycles. The van der Waals surface area contributed by atoms with E-state index in [1.54, 1.807) is 0 Å². The molecule has 0 unspecified atom stereocenters. The minimum atomic E-state index is -0.545. The summed E-state index contributed by atoms with van der Waals surface area (Å²) in [6.07, 6.45) is 1.40. The molecule has 7 heteroatoms. The maximum atomic E-state index is 10.7. The van der Waals surface area contributed by atoms with Crippen LogP contribution in [0.15, 0.2) is 36.5 Å². The van der Waals surface area contributed by atoms with E-state index in [0.29, 0.717) is 5.75 Å². The first-order valence-corrected chi connectivity index (χ1v) is 5.46. The highest BCUT2D eigenvalue weighted by atomic mass is 35.5. The number of rotatable bonds is 3. The predicted octanol–water partition coefficient (Wildman–Crippen LogP) is 3.31. The number of nitriles is 1. The van der Waals surface area contributed by atoms with E-state index in [-0.39, 0.29) is 22.2 Å². The van der Waals surface area contributed by atoms with Gasteiger partial charge in [-0.05, 0) is 12.1 Å². The first-order chi connectivity index (χ1) is 9.10. The molecular formula is C12H6ClN3O3. The number of nitro groups is 1. The van der Waals surface area contributed by atoms with Crippen LogP contribution in [0.1, 0.15) is 5.69 Å². The molecule has 1 heterocycles. The molecular weight excluding hydrogens is 270 g/mol. The fraction of sp³-hybridized carbons (Fsp3) is 0. The Labute approximate surface area is 113 Å². The molecule has 1 aromatic heterocycles. The van der Waals surface area contributed by atoms with Crippen molar-refractivity contribution in [2.45, 2.75) is 0 Å². The lowest BCUT2D eigenvalue weighted by Gasteiger charge is -2.07. The second kappa shape index (κ2) is 5.33. The summed E-state index contributed by atoms with van der Waals surface area (Å²) < 4.78 is 5.41. The molecule has 0 radical (unpaired) electrons. The lowest BCUT2D eigenvalue weighted by Crippen LogP contribution is -1.91. The summed E-state index contributed by atoms with van der Waals surface area (Å²) in [6, 6.07) is 8.67. The van der Waals surface area contributed by atoms with Gasteiger partial charge >= 0.3 is 0 Å². The van der Waals surface area contributed by atoms with Crippen molar-refractivity contribution in [3.63, 3.8) is 0 Å². The quantitative estimate of drug-likeness (QED) is 0.633. The fourth-order valence-electron chi connectivity index (χ4n) is 1.35. The number of non-ortho nitro benzene ring substituents is 1.